The van der Waals surface area contributed by atoms with Crippen LogP contribution in [0, 0.1) is 5.92 Å². The summed E-state index contributed by atoms with van der Waals surface area (Å²) in [6, 6.07) is 3.77. The van der Waals surface area contributed by atoms with E-state index in [1.54, 1.807) is 12.4 Å². The van der Waals surface area contributed by atoms with Gasteiger partial charge in [0.15, 0.2) is 5.69 Å². The number of carbonyl (C=O) groups excluding carboxylic acids is 2. The lowest BCUT2D eigenvalue weighted by atomic mass is 9.83. The van der Waals surface area contributed by atoms with E-state index in [1.807, 2.05) is 28.8 Å². The fraction of sp³-hybridized carbons (Fsp3) is 0.565. The normalized spacial score (nSPS) is 19.8. The van der Waals surface area contributed by atoms with Crippen molar-refractivity contribution in [3.63, 3.8) is 0 Å². The summed E-state index contributed by atoms with van der Waals surface area (Å²) in [6.07, 6.45) is 8.56. The SMILES string of the molecule is Cn1nc(C(=O)NCC2CC2)c2c1CC1(CCN(C(=O)Cc3ccncc3)CC1)OC2. The van der Waals surface area contributed by atoms with Gasteiger partial charge in [0.25, 0.3) is 5.91 Å². The molecule has 3 aliphatic rings. The Morgan fingerprint density at radius 2 is 1.97 bits per heavy atom. The maximum Gasteiger partial charge on any atom is 0.272 e. The second-order valence-corrected chi connectivity index (χ2v) is 9.11. The molecule has 8 heteroatoms. The van der Waals surface area contributed by atoms with Gasteiger partial charge < -0.3 is 15.0 Å². The Labute approximate surface area is 182 Å². The smallest absolute Gasteiger partial charge is 0.272 e. The van der Waals surface area contributed by atoms with E-state index < -0.39 is 0 Å². The number of aromatic nitrogens is 3. The van der Waals surface area contributed by atoms with E-state index in [1.165, 1.54) is 12.8 Å². The third-order valence-electron chi connectivity index (χ3n) is 6.88. The number of ether oxygens (including phenoxy) is 1. The van der Waals surface area contributed by atoms with Crippen LogP contribution in [0.15, 0.2) is 24.5 Å². The number of carbonyl (C=O) groups is 2. The van der Waals surface area contributed by atoms with Gasteiger partial charge in [-0.3, -0.25) is 19.3 Å². The molecular weight excluding hydrogens is 394 g/mol. The summed E-state index contributed by atoms with van der Waals surface area (Å²) in [5, 5.41) is 7.53. The van der Waals surface area contributed by atoms with E-state index >= 15 is 0 Å². The molecule has 2 amide bonds. The van der Waals surface area contributed by atoms with Crippen molar-refractivity contribution < 1.29 is 14.3 Å². The summed E-state index contributed by atoms with van der Waals surface area (Å²) in [6.45, 7) is 2.51. The minimum absolute atomic E-state index is 0.0974. The highest BCUT2D eigenvalue weighted by molar-refractivity contribution is 5.94. The molecule has 2 fully saturated rings. The molecule has 0 radical (unpaired) electrons. The van der Waals surface area contributed by atoms with Crippen molar-refractivity contribution in [3.8, 4) is 0 Å². The third-order valence-corrected chi connectivity index (χ3v) is 6.88. The monoisotopic (exact) mass is 423 g/mol. The standard InChI is InChI=1S/C23H29N5O3/c1-27-19-13-23(31-15-18(19)21(26-27)22(30)25-14-17-2-3-17)6-10-28(11-7-23)20(29)12-16-4-8-24-9-5-16/h4-5,8-9,17H,2-3,6-7,10-15H2,1H3,(H,25,30). The van der Waals surface area contributed by atoms with Crippen LogP contribution in [0.1, 0.15) is 53.0 Å². The van der Waals surface area contributed by atoms with Crippen LogP contribution in [0.5, 0.6) is 0 Å². The zero-order valence-electron chi connectivity index (χ0n) is 18.0. The van der Waals surface area contributed by atoms with Crippen LogP contribution >= 0.6 is 0 Å². The molecule has 5 rings (SSSR count). The number of hydrogen-bond acceptors (Lipinski definition) is 5. The number of fused-ring (bicyclic) bond motifs is 1. The van der Waals surface area contributed by atoms with Crippen LogP contribution in [0.2, 0.25) is 0 Å². The number of pyridine rings is 1. The van der Waals surface area contributed by atoms with Crippen LogP contribution in [0.25, 0.3) is 0 Å². The molecule has 8 nitrogen and oxygen atoms in total. The summed E-state index contributed by atoms with van der Waals surface area (Å²) in [7, 11) is 1.91. The van der Waals surface area contributed by atoms with Gasteiger partial charge in [0.05, 0.1) is 18.6 Å². The first-order valence-electron chi connectivity index (χ1n) is 11.2. The molecule has 1 saturated carbocycles. The van der Waals surface area contributed by atoms with Gasteiger partial charge in [-0.1, -0.05) is 0 Å². The van der Waals surface area contributed by atoms with E-state index in [4.69, 9.17) is 4.74 Å². The molecule has 2 aliphatic heterocycles. The molecule has 0 atom stereocenters. The van der Waals surface area contributed by atoms with Gasteiger partial charge in [-0.05, 0) is 49.3 Å². The van der Waals surface area contributed by atoms with E-state index in [2.05, 4.69) is 15.4 Å². The minimum atomic E-state index is -0.282. The average Bonchev–Trinajstić information content (AvgIpc) is 3.56. The summed E-state index contributed by atoms with van der Waals surface area (Å²) >= 11 is 0. The topological polar surface area (TPSA) is 89.4 Å². The highest BCUT2D eigenvalue weighted by Gasteiger charge is 2.42. The second-order valence-electron chi connectivity index (χ2n) is 9.11. The lowest BCUT2D eigenvalue weighted by Crippen LogP contribution is -2.51. The molecule has 4 heterocycles. The van der Waals surface area contributed by atoms with Crippen LogP contribution < -0.4 is 5.32 Å². The summed E-state index contributed by atoms with van der Waals surface area (Å²) < 4.78 is 8.18. The first-order chi connectivity index (χ1) is 15.0. The second kappa shape index (κ2) is 8.07. The van der Waals surface area contributed by atoms with Crippen molar-refractivity contribution in [2.45, 2.75) is 50.7 Å². The third kappa shape index (κ3) is 4.21. The molecule has 31 heavy (non-hydrogen) atoms. The lowest BCUT2D eigenvalue weighted by molar-refractivity contribution is -0.140. The van der Waals surface area contributed by atoms with Gasteiger partial charge in [0, 0.05) is 56.8 Å². The van der Waals surface area contributed by atoms with Crippen molar-refractivity contribution in [1.82, 2.24) is 25.0 Å². The number of nitrogens with zero attached hydrogens (tertiary/aromatic N) is 4. The lowest BCUT2D eigenvalue weighted by Gasteiger charge is -2.44. The molecule has 0 unspecified atom stereocenters. The summed E-state index contributed by atoms with van der Waals surface area (Å²) in [5.74, 6) is 0.682. The summed E-state index contributed by atoms with van der Waals surface area (Å²) in [5.41, 5.74) is 3.20. The maximum absolute atomic E-state index is 12.7. The largest absolute Gasteiger partial charge is 0.370 e. The Bertz CT molecular complexity index is 975. The zero-order valence-corrected chi connectivity index (χ0v) is 18.0. The maximum atomic E-state index is 12.7. The fourth-order valence-corrected chi connectivity index (χ4v) is 4.65. The van der Waals surface area contributed by atoms with Crippen LogP contribution in [0.4, 0.5) is 0 Å². The Hall–Kier alpha value is -2.74. The molecule has 0 bridgehead atoms. The van der Waals surface area contributed by atoms with Crippen molar-refractivity contribution in [2.75, 3.05) is 19.6 Å². The van der Waals surface area contributed by atoms with Gasteiger partial charge in [0.1, 0.15) is 0 Å². The van der Waals surface area contributed by atoms with E-state index in [-0.39, 0.29) is 17.4 Å². The number of nitrogens with one attached hydrogen (secondary N) is 1. The number of aryl methyl sites for hydroxylation is 1. The molecule has 1 spiro atoms. The highest BCUT2D eigenvalue weighted by atomic mass is 16.5. The van der Waals surface area contributed by atoms with Crippen molar-refractivity contribution >= 4 is 11.8 Å². The highest BCUT2D eigenvalue weighted by Crippen LogP contribution is 2.37. The summed E-state index contributed by atoms with van der Waals surface area (Å²) in [4.78, 5) is 31.2. The Morgan fingerprint density at radius 1 is 1.23 bits per heavy atom. The quantitative estimate of drug-likeness (QED) is 0.790. The first kappa shape index (κ1) is 20.2. The van der Waals surface area contributed by atoms with Gasteiger partial charge in [-0.25, -0.2) is 0 Å². The number of piperidine rings is 1. The predicted octanol–water partition coefficient (Wildman–Crippen LogP) is 1.63. The first-order valence-corrected chi connectivity index (χ1v) is 11.2. The molecule has 164 valence electrons. The van der Waals surface area contributed by atoms with Crippen LogP contribution in [-0.2, 0) is 36.0 Å². The number of rotatable bonds is 5. The van der Waals surface area contributed by atoms with E-state index in [0.29, 0.717) is 37.7 Å². The number of hydrogen-bond donors (Lipinski definition) is 1. The Balaban J connectivity index is 1.22. The molecule has 1 saturated heterocycles. The Kier molecular flexibility index (Phi) is 5.25. The van der Waals surface area contributed by atoms with Crippen molar-refractivity contribution in [1.29, 1.82) is 0 Å². The average molecular weight is 424 g/mol. The van der Waals surface area contributed by atoms with Crippen LogP contribution in [-0.4, -0.2) is 56.7 Å². The predicted molar refractivity (Wildman–Crippen MR) is 113 cm³/mol. The molecule has 1 N–H and O–H groups in total. The Morgan fingerprint density at radius 3 is 2.68 bits per heavy atom. The molecule has 0 aromatic carbocycles. The zero-order chi connectivity index (χ0) is 21.4. The fourth-order valence-electron chi connectivity index (χ4n) is 4.65. The van der Waals surface area contributed by atoms with E-state index in [9.17, 15) is 9.59 Å². The van der Waals surface area contributed by atoms with Gasteiger partial charge >= 0.3 is 0 Å². The molecule has 2 aromatic heterocycles. The molecule has 2 aromatic rings. The number of likely N-dealkylation sites (tertiary alicyclic amines) is 1. The molecular formula is C23H29N5O3. The molecule has 1 aliphatic carbocycles. The van der Waals surface area contributed by atoms with Gasteiger partial charge in [-0.2, -0.15) is 5.10 Å². The minimum Gasteiger partial charge on any atom is -0.370 e. The van der Waals surface area contributed by atoms with E-state index in [0.717, 1.165) is 42.6 Å². The van der Waals surface area contributed by atoms with Crippen molar-refractivity contribution in [3.05, 3.63) is 47.0 Å². The van der Waals surface area contributed by atoms with Crippen molar-refractivity contribution in [2.24, 2.45) is 13.0 Å². The number of amides is 2. The van der Waals surface area contributed by atoms with Gasteiger partial charge in [-0.15, -0.1) is 0 Å². The van der Waals surface area contributed by atoms with Gasteiger partial charge in [0.2, 0.25) is 5.91 Å². The van der Waals surface area contributed by atoms with Crippen LogP contribution in [0.3, 0.4) is 0 Å².